The van der Waals surface area contributed by atoms with Crippen molar-refractivity contribution in [3.05, 3.63) is 0 Å². The third-order valence-corrected chi connectivity index (χ3v) is 10.4. The molecule has 0 unspecified atom stereocenters. The van der Waals surface area contributed by atoms with E-state index in [0.29, 0.717) is 23.1 Å². The smallest absolute Gasteiger partial charge is 0.225 e. The Morgan fingerprint density at radius 2 is 1.34 bits per heavy atom. The molecule has 2 heterocycles. The second-order valence-corrected chi connectivity index (χ2v) is 13.2. The van der Waals surface area contributed by atoms with E-state index < -0.39 is 0 Å². The maximum absolute atomic E-state index is 13.1. The van der Waals surface area contributed by atoms with Crippen molar-refractivity contribution in [2.75, 3.05) is 45.8 Å². The highest BCUT2D eigenvalue weighted by molar-refractivity contribution is 5.79. The fourth-order valence-corrected chi connectivity index (χ4v) is 7.49. The lowest BCUT2D eigenvalue weighted by Gasteiger charge is -2.46. The molecule has 2 aliphatic carbocycles. The van der Waals surface area contributed by atoms with Crippen LogP contribution in [0, 0.1) is 35.0 Å². The Kier molecular flexibility index (Phi) is 9.21. The second kappa shape index (κ2) is 12.0. The molecule has 2 saturated carbocycles. The minimum atomic E-state index is 0.129. The Bertz CT molecular complexity index is 686. The SMILES string of the molecule is CC(C)C(=O)N1CCC2(CCC(CCN3CCN(C(=O)C4CCC(C(C)C)CC4)CC3)CC2)CC1. The number of rotatable bonds is 6. The third-order valence-electron chi connectivity index (χ3n) is 10.4. The summed E-state index contributed by atoms with van der Waals surface area (Å²) in [5, 5.41) is 0. The van der Waals surface area contributed by atoms with Crippen molar-refractivity contribution in [1.29, 1.82) is 0 Å². The monoisotopic (exact) mass is 487 g/mol. The van der Waals surface area contributed by atoms with Crippen LogP contribution in [0.5, 0.6) is 0 Å². The Hall–Kier alpha value is -1.10. The van der Waals surface area contributed by atoms with Crippen LogP contribution >= 0.6 is 0 Å². The van der Waals surface area contributed by atoms with Gasteiger partial charge in [-0.15, -0.1) is 0 Å². The molecule has 2 amide bonds. The highest BCUT2D eigenvalue weighted by atomic mass is 16.2. The van der Waals surface area contributed by atoms with Gasteiger partial charge >= 0.3 is 0 Å². The Labute approximate surface area is 215 Å². The van der Waals surface area contributed by atoms with Crippen LogP contribution in [0.3, 0.4) is 0 Å². The van der Waals surface area contributed by atoms with Crippen molar-refractivity contribution in [3.8, 4) is 0 Å². The molecule has 5 nitrogen and oxygen atoms in total. The molecule has 0 bridgehead atoms. The molecule has 4 aliphatic rings. The molecule has 2 saturated heterocycles. The number of carbonyl (C=O) groups excluding carboxylic acids is 2. The molecular weight excluding hydrogens is 434 g/mol. The van der Waals surface area contributed by atoms with Crippen LogP contribution in [-0.2, 0) is 9.59 Å². The van der Waals surface area contributed by atoms with Crippen molar-refractivity contribution < 1.29 is 9.59 Å². The third kappa shape index (κ3) is 6.81. The number of hydrogen-bond donors (Lipinski definition) is 0. The van der Waals surface area contributed by atoms with Gasteiger partial charge < -0.3 is 9.80 Å². The van der Waals surface area contributed by atoms with Crippen LogP contribution < -0.4 is 0 Å². The average molecular weight is 488 g/mol. The lowest BCUT2D eigenvalue weighted by Crippen LogP contribution is -2.51. The van der Waals surface area contributed by atoms with Crippen LogP contribution in [0.4, 0.5) is 0 Å². The first-order valence-corrected chi connectivity index (χ1v) is 15.1. The Balaban J connectivity index is 1.11. The molecule has 1 spiro atoms. The molecule has 5 heteroatoms. The van der Waals surface area contributed by atoms with Crippen molar-refractivity contribution in [2.45, 2.75) is 98.3 Å². The van der Waals surface area contributed by atoms with E-state index in [-0.39, 0.29) is 5.92 Å². The van der Waals surface area contributed by atoms with E-state index in [1.807, 2.05) is 13.8 Å². The highest BCUT2D eigenvalue weighted by Gasteiger charge is 2.39. The first kappa shape index (κ1) is 26.9. The van der Waals surface area contributed by atoms with E-state index >= 15 is 0 Å². The van der Waals surface area contributed by atoms with Gasteiger partial charge in [-0.25, -0.2) is 0 Å². The standard InChI is InChI=1S/C30H53N3O2/c1-23(2)26-5-7-27(8-6-26)29(35)33-21-19-31(20-22-33)16-11-25-9-12-30(13-10-25)14-17-32(18-15-30)28(34)24(3)4/h23-27H,5-22H2,1-4H3. The van der Waals surface area contributed by atoms with E-state index in [1.54, 1.807) is 0 Å². The zero-order valence-corrected chi connectivity index (χ0v) is 23.3. The summed E-state index contributed by atoms with van der Waals surface area (Å²) in [6, 6.07) is 0. The maximum atomic E-state index is 13.1. The van der Waals surface area contributed by atoms with Crippen molar-refractivity contribution in [1.82, 2.24) is 14.7 Å². The summed E-state index contributed by atoms with van der Waals surface area (Å²) in [5.74, 6) is 3.67. The maximum Gasteiger partial charge on any atom is 0.225 e. The molecule has 200 valence electrons. The molecule has 0 radical (unpaired) electrons. The van der Waals surface area contributed by atoms with Gasteiger partial charge in [0.05, 0.1) is 0 Å². The van der Waals surface area contributed by atoms with Crippen LogP contribution in [-0.4, -0.2) is 72.3 Å². The van der Waals surface area contributed by atoms with Gasteiger partial charge in [-0.1, -0.05) is 27.7 Å². The lowest BCUT2D eigenvalue weighted by molar-refractivity contribution is -0.139. The number of amides is 2. The molecule has 0 atom stereocenters. The molecule has 0 aromatic carbocycles. The fraction of sp³-hybridized carbons (Fsp3) is 0.933. The van der Waals surface area contributed by atoms with E-state index in [2.05, 4.69) is 28.5 Å². The van der Waals surface area contributed by atoms with E-state index in [9.17, 15) is 9.59 Å². The molecular formula is C30H53N3O2. The van der Waals surface area contributed by atoms with Crippen LogP contribution in [0.2, 0.25) is 0 Å². The molecule has 0 N–H and O–H groups in total. The van der Waals surface area contributed by atoms with Crippen LogP contribution in [0.15, 0.2) is 0 Å². The quantitative estimate of drug-likeness (QED) is 0.501. The summed E-state index contributed by atoms with van der Waals surface area (Å²) in [7, 11) is 0. The van der Waals surface area contributed by atoms with Gasteiger partial charge in [0, 0.05) is 51.1 Å². The molecule has 4 rings (SSSR count). The minimum absolute atomic E-state index is 0.129. The van der Waals surface area contributed by atoms with Gasteiger partial charge in [-0.05, 0) is 100 Å². The molecule has 2 aliphatic heterocycles. The number of likely N-dealkylation sites (tertiary alicyclic amines) is 1. The minimum Gasteiger partial charge on any atom is -0.342 e. The second-order valence-electron chi connectivity index (χ2n) is 13.2. The molecule has 0 aromatic heterocycles. The number of nitrogens with zero attached hydrogens (tertiary/aromatic N) is 3. The normalized spacial score (nSPS) is 28.7. The predicted octanol–water partition coefficient (Wildman–Crippen LogP) is 5.44. The van der Waals surface area contributed by atoms with Gasteiger partial charge in [-0.2, -0.15) is 0 Å². The first-order chi connectivity index (χ1) is 16.8. The highest BCUT2D eigenvalue weighted by Crippen LogP contribution is 2.47. The number of piperidine rings is 1. The molecule has 4 fully saturated rings. The van der Waals surface area contributed by atoms with Gasteiger partial charge in [0.15, 0.2) is 0 Å². The fourth-order valence-electron chi connectivity index (χ4n) is 7.49. The predicted molar refractivity (Wildman–Crippen MR) is 143 cm³/mol. The molecule has 35 heavy (non-hydrogen) atoms. The summed E-state index contributed by atoms with van der Waals surface area (Å²) >= 11 is 0. The van der Waals surface area contributed by atoms with E-state index in [1.165, 1.54) is 64.3 Å². The van der Waals surface area contributed by atoms with Gasteiger partial charge in [-0.3, -0.25) is 14.5 Å². The summed E-state index contributed by atoms with van der Waals surface area (Å²) in [6.07, 6.45) is 13.9. The Morgan fingerprint density at radius 3 is 1.89 bits per heavy atom. The zero-order chi connectivity index (χ0) is 25.0. The largest absolute Gasteiger partial charge is 0.342 e. The summed E-state index contributed by atoms with van der Waals surface area (Å²) in [5.41, 5.74) is 0.518. The lowest BCUT2D eigenvalue weighted by atomic mass is 9.65. The molecule has 0 aromatic rings. The summed E-state index contributed by atoms with van der Waals surface area (Å²) in [6.45, 7) is 15.8. The average Bonchev–Trinajstić information content (AvgIpc) is 2.88. The van der Waals surface area contributed by atoms with Crippen molar-refractivity contribution >= 4 is 11.8 Å². The topological polar surface area (TPSA) is 43.9 Å². The van der Waals surface area contributed by atoms with Gasteiger partial charge in [0.25, 0.3) is 0 Å². The first-order valence-electron chi connectivity index (χ1n) is 15.1. The van der Waals surface area contributed by atoms with Crippen molar-refractivity contribution in [2.24, 2.45) is 35.0 Å². The zero-order valence-electron chi connectivity index (χ0n) is 23.3. The number of carbonyl (C=O) groups is 2. The van der Waals surface area contributed by atoms with E-state index in [4.69, 9.17) is 0 Å². The van der Waals surface area contributed by atoms with Gasteiger partial charge in [0.1, 0.15) is 0 Å². The Morgan fingerprint density at radius 1 is 0.743 bits per heavy atom. The number of hydrogen-bond acceptors (Lipinski definition) is 3. The number of piperazine rings is 1. The van der Waals surface area contributed by atoms with Gasteiger partial charge in [0.2, 0.25) is 11.8 Å². The van der Waals surface area contributed by atoms with Crippen LogP contribution in [0.1, 0.15) is 98.3 Å². The summed E-state index contributed by atoms with van der Waals surface area (Å²) < 4.78 is 0. The van der Waals surface area contributed by atoms with Crippen LogP contribution in [0.25, 0.3) is 0 Å². The van der Waals surface area contributed by atoms with Crippen molar-refractivity contribution in [3.63, 3.8) is 0 Å². The summed E-state index contributed by atoms with van der Waals surface area (Å²) in [4.78, 5) is 32.3. The van der Waals surface area contributed by atoms with E-state index in [0.717, 1.165) is 69.9 Å².